The average molecular weight is 534 g/mol. The highest BCUT2D eigenvalue weighted by Gasteiger charge is 2.23. The van der Waals surface area contributed by atoms with Crippen LogP contribution in [0.5, 0.6) is 0 Å². The molecule has 11 heteroatoms. The van der Waals surface area contributed by atoms with E-state index in [0.717, 1.165) is 11.1 Å². The maximum atomic E-state index is 12.9. The topological polar surface area (TPSA) is 173 Å². The third-order valence-corrected chi connectivity index (χ3v) is 5.83. The van der Waals surface area contributed by atoms with Crippen LogP contribution in [0.25, 0.3) is 0 Å². The van der Waals surface area contributed by atoms with Crippen LogP contribution >= 0.6 is 0 Å². The molecule has 2 amide bonds. The number of carboxylic acids is 1. The van der Waals surface area contributed by atoms with Gasteiger partial charge in [0.15, 0.2) is 5.96 Å². The van der Waals surface area contributed by atoms with Crippen LogP contribution in [0.4, 0.5) is 4.79 Å². The fourth-order valence-electron chi connectivity index (χ4n) is 4.01. The third-order valence-electron chi connectivity index (χ3n) is 5.83. The van der Waals surface area contributed by atoms with Crippen LogP contribution in [0.15, 0.2) is 77.6 Å². The molecule has 0 aliphatic rings. The van der Waals surface area contributed by atoms with Crippen molar-refractivity contribution in [3.8, 4) is 0 Å². The molecule has 2 aromatic carbocycles. The zero-order valence-corrected chi connectivity index (χ0v) is 21.4. The summed E-state index contributed by atoms with van der Waals surface area (Å²) in [6, 6.07) is 21.1. The van der Waals surface area contributed by atoms with Crippen LogP contribution in [-0.2, 0) is 9.53 Å². The minimum atomic E-state index is -1.26. The zero-order valence-electron chi connectivity index (χ0n) is 21.4. The van der Waals surface area contributed by atoms with Crippen LogP contribution in [0, 0.1) is 5.41 Å². The Labute approximate surface area is 225 Å². The van der Waals surface area contributed by atoms with Crippen LogP contribution in [-0.4, -0.2) is 53.2 Å². The lowest BCUT2D eigenvalue weighted by Crippen LogP contribution is -2.44. The smallest absolute Gasteiger partial charge is 0.413 e. The van der Waals surface area contributed by atoms with Crippen LogP contribution < -0.4 is 21.5 Å². The number of alkyl carbamates (subject to hydrolysis) is 1. The Balaban J connectivity index is 1.66. The molecule has 39 heavy (non-hydrogen) atoms. The molecule has 0 fully saturated rings. The highest BCUT2D eigenvalue weighted by atomic mass is 16.5. The third kappa shape index (κ3) is 8.29. The Morgan fingerprint density at radius 1 is 0.974 bits per heavy atom. The first-order valence-corrected chi connectivity index (χ1v) is 12.4. The molecular formula is C28H31N5O6. The van der Waals surface area contributed by atoms with Crippen molar-refractivity contribution in [2.75, 3.05) is 13.2 Å². The number of hydrogen-bond acceptors (Lipinski definition) is 6. The number of amides is 2. The number of hydrogen-bond donors (Lipinski definition) is 6. The molecule has 0 aliphatic carbocycles. The van der Waals surface area contributed by atoms with Crippen LogP contribution in [0.1, 0.15) is 52.9 Å². The molecule has 0 spiro atoms. The molecule has 1 atom stereocenters. The summed E-state index contributed by atoms with van der Waals surface area (Å²) < 4.78 is 4.67. The number of aliphatic carboxylic acids is 1. The van der Waals surface area contributed by atoms with E-state index in [-0.39, 0.29) is 43.4 Å². The Morgan fingerprint density at radius 3 is 2.13 bits per heavy atom. The van der Waals surface area contributed by atoms with E-state index < -0.39 is 29.6 Å². The van der Waals surface area contributed by atoms with Crippen LogP contribution in [0.3, 0.4) is 0 Å². The molecule has 3 rings (SSSR count). The molecule has 0 bridgehead atoms. The van der Waals surface area contributed by atoms with Crippen molar-refractivity contribution in [2.45, 2.75) is 31.7 Å². The molecule has 0 aliphatic heterocycles. The summed E-state index contributed by atoms with van der Waals surface area (Å²) in [5.41, 5.74) is 1.67. The molecule has 0 unspecified atom stereocenters. The van der Waals surface area contributed by atoms with Gasteiger partial charge in [-0.15, -0.1) is 0 Å². The van der Waals surface area contributed by atoms with E-state index in [1.54, 1.807) is 13.0 Å². The minimum absolute atomic E-state index is 0.0286. The molecule has 0 saturated carbocycles. The van der Waals surface area contributed by atoms with E-state index in [1.807, 2.05) is 60.7 Å². The molecule has 1 aromatic heterocycles. The summed E-state index contributed by atoms with van der Waals surface area (Å²) in [6.45, 7) is 1.96. The van der Waals surface area contributed by atoms with Gasteiger partial charge in [0.1, 0.15) is 11.6 Å². The fraction of sp³-hybridized carbons (Fsp3) is 0.250. The number of aromatic amines is 1. The first-order valence-electron chi connectivity index (χ1n) is 12.4. The van der Waals surface area contributed by atoms with E-state index in [2.05, 4.69) is 25.7 Å². The Bertz CT molecular complexity index is 1300. The van der Waals surface area contributed by atoms with Crippen molar-refractivity contribution in [1.29, 1.82) is 5.41 Å². The Kier molecular flexibility index (Phi) is 10.4. The van der Waals surface area contributed by atoms with Gasteiger partial charge in [-0.1, -0.05) is 60.7 Å². The van der Waals surface area contributed by atoms with Gasteiger partial charge in [0.25, 0.3) is 11.5 Å². The number of carbonyl (C=O) groups is 3. The van der Waals surface area contributed by atoms with Crippen molar-refractivity contribution in [3.63, 3.8) is 0 Å². The number of pyridine rings is 1. The van der Waals surface area contributed by atoms with Gasteiger partial charge in [-0.2, -0.15) is 0 Å². The highest BCUT2D eigenvalue weighted by molar-refractivity contribution is 5.96. The van der Waals surface area contributed by atoms with Gasteiger partial charge >= 0.3 is 12.1 Å². The normalized spacial score (nSPS) is 11.3. The summed E-state index contributed by atoms with van der Waals surface area (Å²) in [4.78, 5) is 51.6. The first kappa shape index (κ1) is 28.6. The summed E-state index contributed by atoms with van der Waals surface area (Å²) >= 11 is 0. The van der Waals surface area contributed by atoms with E-state index in [9.17, 15) is 24.3 Å². The Morgan fingerprint density at radius 2 is 1.59 bits per heavy atom. The second-order valence-electron chi connectivity index (χ2n) is 8.56. The standard InChI is InChI=1S/C28H31N5O6/c1-2-39-28(38)33-27(29)30-17-9-14-22(26(36)37)32-25(35)20-15-16-21(31-24(20)34)23(18-10-5-3-6-11-18)19-12-7-4-8-13-19/h3-8,10-13,15-16,22-23H,2,9,14,17H2,1H3,(H,31,34)(H,32,35)(H,36,37)(H3,29,30,33,38)/t22-/m0/s1. The van der Waals surface area contributed by atoms with Gasteiger partial charge in [-0.3, -0.25) is 20.3 Å². The van der Waals surface area contributed by atoms with Crippen molar-refractivity contribution >= 4 is 23.9 Å². The zero-order chi connectivity index (χ0) is 28.2. The number of aromatic nitrogens is 1. The van der Waals surface area contributed by atoms with Crippen molar-refractivity contribution in [1.82, 2.24) is 20.9 Å². The lowest BCUT2D eigenvalue weighted by molar-refractivity contribution is -0.139. The second-order valence-corrected chi connectivity index (χ2v) is 8.56. The number of guanidine groups is 1. The lowest BCUT2D eigenvalue weighted by atomic mass is 9.88. The lowest BCUT2D eigenvalue weighted by Gasteiger charge is -2.19. The molecule has 11 nitrogen and oxygen atoms in total. The quantitative estimate of drug-likeness (QED) is 0.125. The van der Waals surface area contributed by atoms with Crippen LogP contribution in [0.2, 0.25) is 0 Å². The van der Waals surface area contributed by atoms with E-state index in [0.29, 0.717) is 5.69 Å². The summed E-state index contributed by atoms with van der Waals surface area (Å²) in [6.07, 6.45) is -0.489. The SMILES string of the molecule is CCOC(=O)NC(=N)NCCC[C@H](NC(=O)c1ccc(C(c2ccccc2)c2ccccc2)[nH]c1=O)C(=O)O. The molecule has 3 aromatic rings. The number of rotatable bonds is 11. The van der Waals surface area contributed by atoms with E-state index in [4.69, 9.17) is 5.41 Å². The predicted molar refractivity (Wildman–Crippen MR) is 145 cm³/mol. The fourth-order valence-corrected chi connectivity index (χ4v) is 4.01. The Hall–Kier alpha value is -4.93. The van der Waals surface area contributed by atoms with Gasteiger partial charge in [0, 0.05) is 18.2 Å². The molecule has 204 valence electrons. The predicted octanol–water partition coefficient (Wildman–Crippen LogP) is 2.79. The largest absolute Gasteiger partial charge is 0.480 e. The number of carbonyl (C=O) groups excluding carboxylic acids is 2. The number of carboxylic acid groups (broad SMARTS) is 1. The monoisotopic (exact) mass is 533 g/mol. The van der Waals surface area contributed by atoms with E-state index in [1.165, 1.54) is 6.07 Å². The number of H-pyrrole nitrogens is 1. The van der Waals surface area contributed by atoms with Crippen molar-refractivity contribution in [3.05, 3.63) is 106 Å². The van der Waals surface area contributed by atoms with Gasteiger partial charge in [-0.25, -0.2) is 9.59 Å². The first-order chi connectivity index (χ1) is 18.8. The van der Waals surface area contributed by atoms with Crippen molar-refractivity contribution in [2.24, 2.45) is 0 Å². The van der Waals surface area contributed by atoms with Gasteiger partial charge in [0.2, 0.25) is 0 Å². The average Bonchev–Trinajstić information content (AvgIpc) is 2.91. The molecule has 6 N–H and O–H groups in total. The maximum absolute atomic E-state index is 12.9. The van der Waals surface area contributed by atoms with E-state index >= 15 is 0 Å². The van der Waals surface area contributed by atoms with Gasteiger partial charge in [0.05, 0.1) is 6.61 Å². The minimum Gasteiger partial charge on any atom is -0.480 e. The van der Waals surface area contributed by atoms with Crippen molar-refractivity contribution < 1.29 is 24.2 Å². The molecule has 1 heterocycles. The summed E-state index contributed by atoms with van der Waals surface area (Å²) in [5, 5.41) is 24.4. The molecular weight excluding hydrogens is 502 g/mol. The number of ether oxygens (including phenoxy) is 1. The number of benzene rings is 2. The summed E-state index contributed by atoms with van der Waals surface area (Å²) in [5.74, 6) is -2.63. The van der Waals surface area contributed by atoms with Gasteiger partial charge < -0.3 is 25.5 Å². The molecule has 0 saturated heterocycles. The maximum Gasteiger partial charge on any atom is 0.413 e. The molecule has 0 radical (unpaired) electrons. The summed E-state index contributed by atoms with van der Waals surface area (Å²) in [7, 11) is 0. The second kappa shape index (κ2) is 14.1. The highest BCUT2D eigenvalue weighted by Crippen LogP contribution is 2.30. The number of nitrogens with one attached hydrogen (secondary N) is 5. The van der Waals surface area contributed by atoms with Gasteiger partial charge in [-0.05, 0) is 43.0 Å².